The molecule has 2 rings (SSSR count). The van der Waals surface area contributed by atoms with Crippen molar-refractivity contribution in [2.24, 2.45) is 0 Å². The van der Waals surface area contributed by atoms with E-state index >= 15 is 0 Å². The summed E-state index contributed by atoms with van der Waals surface area (Å²) in [4.78, 5) is 23.7. The van der Waals surface area contributed by atoms with Crippen LogP contribution in [0.4, 0.5) is 4.39 Å². The number of esters is 1. The third-order valence-corrected chi connectivity index (χ3v) is 4.08. The van der Waals surface area contributed by atoms with Crippen LogP contribution in [0.25, 0.3) is 11.8 Å². The molecule has 0 aliphatic rings. The second-order valence-corrected chi connectivity index (χ2v) is 6.24. The third-order valence-electron chi connectivity index (χ3n) is 3.72. The van der Waals surface area contributed by atoms with Crippen LogP contribution in [0.2, 0.25) is 5.15 Å². The quantitative estimate of drug-likeness (QED) is 0.577. The van der Waals surface area contributed by atoms with Crippen LogP contribution in [0, 0.1) is 12.7 Å². The van der Waals surface area contributed by atoms with Crippen molar-refractivity contribution < 1.29 is 18.7 Å². The Kier molecular flexibility index (Phi) is 7.12. The molecule has 144 valence electrons. The number of ether oxygens (including phenoxy) is 1. The van der Waals surface area contributed by atoms with Crippen molar-refractivity contribution in [3.8, 4) is 5.69 Å². The van der Waals surface area contributed by atoms with Crippen LogP contribution in [0.1, 0.15) is 31.5 Å². The monoisotopic (exact) mass is 393 g/mol. The SMILES string of the molecule is CCCNC(=O)C(C)OC(=O)/C=C/c1c(C)nn(-c2ccc(F)cc2)c1Cl. The maximum Gasteiger partial charge on any atom is 0.331 e. The van der Waals surface area contributed by atoms with Gasteiger partial charge in [0, 0.05) is 18.2 Å². The molecule has 0 aliphatic heterocycles. The zero-order valence-corrected chi connectivity index (χ0v) is 16.1. The summed E-state index contributed by atoms with van der Waals surface area (Å²) in [5.41, 5.74) is 1.70. The molecule has 2 aromatic rings. The molecule has 0 saturated heterocycles. The number of nitrogens with one attached hydrogen (secondary N) is 1. The number of carbonyl (C=O) groups excluding carboxylic acids is 2. The number of amides is 1. The molecule has 0 fully saturated rings. The summed E-state index contributed by atoms with van der Waals surface area (Å²) in [6, 6.07) is 5.71. The Balaban J connectivity index is 2.09. The number of aromatic nitrogens is 2. The average Bonchev–Trinajstić information content (AvgIpc) is 2.92. The molecule has 0 radical (unpaired) electrons. The summed E-state index contributed by atoms with van der Waals surface area (Å²) < 4.78 is 19.6. The molecule has 6 nitrogen and oxygen atoms in total. The Hall–Kier alpha value is -2.67. The normalized spacial score (nSPS) is 12.2. The highest BCUT2D eigenvalue weighted by atomic mass is 35.5. The molecule has 1 amide bonds. The van der Waals surface area contributed by atoms with Crippen LogP contribution in [-0.4, -0.2) is 34.3 Å². The van der Waals surface area contributed by atoms with Crippen LogP contribution in [0.15, 0.2) is 30.3 Å². The Morgan fingerprint density at radius 1 is 1.37 bits per heavy atom. The Bertz CT molecular complexity index is 847. The lowest BCUT2D eigenvalue weighted by atomic mass is 10.2. The molecule has 1 aromatic heterocycles. The van der Waals surface area contributed by atoms with Gasteiger partial charge in [0.1, 0.15) is 11.0 Å². The van der Waals surface area contributed by atoms with Gasteiger partial charge in [0.25, 0.3) is 5.91 Å². The summed E-state index contributed by atoms with van der Waals surface area (Å²) in [5, 5.41) is 7.23. The van der Waals surface area contributed by atoms with Crippen LogP contribution in [-0.2, 0) is 14.3 Å². The Labute approximate surface area is 162 Å². The number of rotatable bonds is 7. The van der Waals surface area contributed by atoms with Crippen LogP contribution >= 0.6 is 11.6 Å². The van der Waals surface area contributed by atoms with E-state index in [9.17, 15) is 14.0 Å². The van der Waals surface area contributed by atoms with Crippen LogP contribution in [0.5, 0.6) is 0 Å². The van der Waals surface area contributed by atoms with Crippen molar-refractivity contribution in [1.82, 2.24) is 15.1 Å². The fourth-order valence-electron chi connectivity index (χ4n) is 2.26. The molecule has 0 spiro atoms. The van der Waals surface area contributed by atoms with Gasteiger partial charge in [-0.15, -0.1) is 0 Å². The van der Waals surface area contributed by atoms with E-state index in [4.69, 9.17) is 16.3 Å². The van der Waals surface area contributed by atoms with Gasteiger partial charge < -0.3 is 10.1 Å². The van der Waals surface area contributed by atoms with Gasteiger partial charge in [-0.2, -0.15) is 5.10 Å². The smallest absolute Gasteiger partial charge is 0.331 e. The fraction of sp³-hybridized carbons (Fsp3) is 0.316. The number of hydrogen-bond donors (Lipinski definition) is 1. The van der Waals surface area contributed by atoms with Gasteiger partial charge in [0.15, 0.2) is 6.10 Å². The number of nitrogens with zero attached hydrogens (tertiary/aromatic N) is 2. The third kappa shape index (κ3) is 5.40. The number of halogens is 2. The van der Waals surface area contributed by atoms with Crippen molar-refractivity contribution in [1.29, 1.82) is 0 Å². The first-order chi connectivity index (χ1) is 12.8. The summed E-state index contributed by atoms with van der Waals surface area (Å²) in [6.45, 7) is 5.69. The first-order valence-corrected chi connectivity index (χ1v) is 8.88. The number of benzene rings is 1. The summed E-state index contributed by atoms with van der Waals surface area (Å²) >= 11 is 6.34. The largest absolute Gasteiger partial charge is 0.449 e. The molecule has 1 unspecified atom stereocenters. The zero-order chi connectivity index (χ0) is 20.0. The van der Waals surface area contributed by atoms with Crippen LogP contribution < -0.4 is 5.32 Å². The average molecular weight is 394 g/mol. The van der Waals surface area contributed by atoms with Gasteiger partial charge in [-0.05, 0) is 50.6 Å². The van der Waals surface area contributed by atoms with Crippen LogP contribution in [0.3, 0.4) is 0 Å². The summed E-state index contributed by atoms with van der Waals surface area (Å²) in [7, 11) is 0. The minimum Gasteiger partial charge on any atom is -0.449 e. The van der Waals surface area contributed by atoms with Gasteiger partial charge in [0.2, 0.25) is 0 Å². The second kappa shape index (κ2) is 9.32. The molecule has 1 atom stereocenters. The summed E-state index contributed by atoms with van der Waals surface area (Å²) in [6.07, 6.45) is 2.56. The maximum absolute atomic E-state index is 13.1. The van der Waals surface area contributed by atoms with Crippen molar-refractivity contribution in [2.75, 3.05) is 6.54 Å². The highest BCUT2D eigenvalue weighted by Gasteiger charge is 2.17. The molecule has 1 heterocycles. The lowest BCUT2D eigenvalue weighted by Crippen LogP contribution is -2.35. The molecule has 0 saturated carbocycles. The second-order valence-electron chi connectivity index (χ2n) is 5.88. The van der Waals surface area contributed by atoms with Gasteiger partial charge in [-0.3, -0.25) is 4.79 Å². The predicted molar refractivity (Wildman–Crippen MR) is 101 cm³/mol. The number of hydrogen-bond acceptors (Lipinski definition) is 4. The zero-order valence-electron chi connectivity index (χ0n) is 15.3. The van der Waals surface area contributed by atoms with E-state index in [-0.39, 0.29) is 16.9 Å². The van der Waals surface area contributed by atoms with E-state index in [1.165, 1.54) is 35.9 Å². The fourth-order valence-corrected chi connectivity index (χ4v) is 2.60. The van der Waals surface area contributed by atoms with E-state index in [0.717, 1.165) is 6.42 Å². The highest BCUT2D eigenvalue weighted by molar-refractivity contribution is 6.31. The molecular formula is C19H21ClFN3O3. The predicted octanol–water partition coefficient (Wildman–Crippen LogP) is 3.44. The van der Waals surface area contributed by atoms with Crippen molar-refractivity contribution in [2.45, 2.75) is 33.3 Å². The van der Waals surface area contributed by atoms with Gasteiger partial charge in [0.05, 0.1) is 11.4 Å². The molecule has 0 aliphatic carbocycles. The topological polar surface area (TPSA) is 73.2 Å². The van der Waals surface area contributed by atoms with E-state index in [1.807, 2.05) is 6.92 Å². The molecule has 27 heavy (non-hydrogen) atoms. The summed E-state index contributed by atoms with van der Waals surface area (Å²) in [5.74, 6) is -1.38. The molecule has 0 bridgehead atoms. The van der Waals surface area contributed by atoms with Crippen molar-refractivity contribution >= 4 is 29.6 Å². The lowest BCUT2D eigenvalue weighted by molar-refractivity contribution is -0.150. The molecule has 1 aromatic carbocycles. The number of carbonyl (C=O) groups is 2. The van der Waals surface area contributed by atoms with Gasteiger partial charge in [-0.25, -0.2) is 13.9 Å². The van der Waals surface area contributed by atoms with Crippen molar-refractivity contribution in [3.05, 3.63) is 52.6 Å². The standard InChI is InChI=1S/C19H21ClFN3O3/c1-4-11-22-19(26)13(3)27-17(25)10-9-16-12(2)23-24(18(16)20)15-7-5-14(21)6-8-15/h5-10,13H,4,11H2,1-3H3,(H,22,26)/b10-9+. The highest BCUT2D eigenvalue weighted by Crippen LogP contribution is 2.24. The minimum absolute atomic E-state index is 0.275. The number of aryl methyl sites for hydroxylation is 1. The maximum atomic E-state index is 13.1. The Morgan fingerprint density at radius 2 is 2.04 bits per heavy atom. The first kappa shape index (κ1) is 20.6. The van der Waals surface area contributed by atoms with E-state index in [1.54, 1.807) is 19.1 Å². The van der Waals surface area contributed by atoms with E-state index in [2.05, 4.69) is 10.4 Å². The Morgan fingerprint density at radius 3 is 2.67 bits per heavy atom. The first-order valence-electron chi connectivity index (χ1n) is 8.51. The van der Waals surface area contributed by atoms with E-state index in [0.29, 0.717) is 23.5 Å². The lowest BCUT2D eigenvalue weighted by Gasteiger charge is -2.11. The van der Waals surface area contributed by atoms with Crippen molar-refractivity contribution in [3.63, 3.8) is 0 Å². The van der Waals surface area contributed by atoms with Gasteiger partial charge >= 0.3 is 5.97 Å². The molecular weight excluding hydrogens is 373 g/mol. The molecule has 1 N–H and O–H groups in total. The van der Waals surface area contributed by atoms with E-state index < -0.39 is 12.1 Å². The minimum atomic E-state index is -0.896. The van der Waals surface area contributed by atoms with Gasteiger partial charge in [-0.1, -0.05) is 18.5 Å². The molecule has 8 heteroatoms.